The van der Waals surface area contributed by atoms with Crippen LogP contribution >= 0.6 is 0 Å². The van der Waals surface area contributed by atoms with Crippen molar-refractivity contribution in [2.24, 2.45) is 0 Å². The van der Waals surface area contributed by atoms with E-state index < -0.39 is 23.6 Å². The molecule has 0 aromatic carbocycles. The first-order valence-electron chi connectivity index (χ1n) is 12.9. The van der Waals surface area contributed by atoms with E-state index in [0.717, 1.165) is 53.5 Å². The van der Waals surface area contributed by atoms with Crippen LogP contribution in [0.15, 0.2) is 0 Å². The van der Waals surface area contributed by atoms with Crippen molar-refractivity contribution >= 4 is 23.6 Å². The Morgan fingerprint density at radius 1 is 0.611 bits per heavy atom. The van der Waals surface area contributed by atoms with Gasteiger partial charge in [0.25, 0.3) is 0 Å². The molecule has 0 spiro atoms. The number of hydrogen-bond donors (Lipinski definition) is 0. The second-order valence-corrected chi connectivity index (χ2v) is 16.6. The third-order valence-corrected chi connectivity index (χ3v) is 12.3. The summed E-state index contributed by atoms with van der Waals surface area (Å²) < 4.78 is 34.2. The Balaban J connectivity index is 0. The number of quaternary nitrogens is 2. The maximum Gasteiger partial charge on any atom is 0.500 e. The molecule has 36 heavy (non-hydrogen) atoms. The van der Waals surface area contributed by atoms with Gasteiger partial charge >= 0.3 is 17.6 Å². The van der Waals surface area contributed by atoms with Crippen molar-refractivity contribution < 1.29 is 45.4 Å². The van der Waals surface area contributed by atoms with Crippen molar-refractivity contribution in [3.63, 3.8) is 0 Å². The molecule has 0 aliphatic carbocycles. The summed E-state index contributed by atoms with van der Waals surface area (Å²) >= 11 is 0. The van der Waals surface area contributed by atoms with Gasteiger partial charge in [-0.15, -0.1) is 0 Å². The van der Waals surface area contributed by atoms with Crippen molar-refractivity contribution in [3.8, 4) is 0 Å². The minimum Gasteiger partial charge on any atom is -0.550 e. The third-order valence-electron chi connectivity index (χ3n) is 6.62. The topological polar surface area (TPSA) is 95.5 Å². The molecule has 0 atom stereocenters. The van der Waals surface area contributed by atoms with E-state index in [0.29, 0.717) is 6.42 Å². The maximum atomic E-state index is 10.4. The van der Waals surface area contributed by atoms with Crippen molar-refractivity contribution in [2.45, 2.75) is 57.5 Å². The highest BCUT2D eigenvalue weighted by Crippen LogP contribution is 2.17. The summed E-state index contributed by atoms with van der Waals surface area (Å²) in [6, 6.07) is 1.66. The maximum absolute atomic E-state index is 10.4. The fourth-order valence-corrected chi connectivity index (χ4v) is 7.43. The quantitative estimate of drug-likeness (QED) is 0.156. The predicted octanol–water partition coefficient (Wildman–Crippen LogP) is 1.99. The normalized spacial score (nSPS) is 12.9. The Kier molecular flexibility index (Phi) is 20.6. The second-order valence-electron chi connectivity index (χ2n) is 10.4. The largest absolute Gasteiger partial charge is 0.550 e. The molecule has 218 valence electrons. The number of carboxylic acid groups (broad SMARTS) is 1. The van der Waals surface area contributed by atoms with Crippen molar-refractivity contribution in [1.29, 1.82) is 0 Å². The summed E-state index contributed by atoms with van der Waals surface area (Å²) in [4.78, 5) is 10.4. The average Bonchev–Trinajstić information content (AvgIpc) is 2.84. The molecule has 0 N–H and O–H groups in total. The Hall–Kier alpha value is -0.416. The van der Waals surface area contributed by atoms with Gasteiger partial charge < -0.3 is 45.4 Å². The zero-order chi connectivity index (χ0) is 28.3. The summed E-state index contributed by atoms with van der Waals surface area (Å²) in [6.45, 7) is 6.36. The van der Waals surface area contributed by atoms with Crippen LogP contribution in [0.3, 0.4) is 0 Å². The Labute approximate surface area is 223 Å². The third kappa shape index (κ3) is 17.2. The molecular formula is C24H57N2O8Si2+. The molecule has 0 aliphatic rings. The van der Waals surface area contributed by atoms with E-state index in [-0.39, 0.29) is 6.42 Å². The van der Waals surface area contributed by atoms with Crippen LogP contribution in [0.1, 0.15) is 45.4 Å². The number of carbonyl (C=O) groups is 1. The molecule has 0 heterocycles. The number of rotatable bonds is 21. The fourth-order valence-electron chi connectivity index (χ4n) is 4.02. The van der Waals surface area contributed by atoms with Gasteiger partial charge in [0.2, 0.25) is 0 Å². The van der Waals surface area contributed by atoms with E-state index in [9.17, 15) is 9.90 Å². The van der Waals surface area contributed by atoms with E-state index >= 15 is 0 Å². The van der Waals surface area contributed by atoms with Crippen LogP contribution in [0.2, 0.25) is 12.1 Å². The minimum atomic E-state index is -2.48. The molecule has 10 nitrogen and oxygen atoms in total. The number of aliphatic carboxylic acids is 1. The first-order valence-corrected chi connectivity index (χ1v) is 16.8. The van der Waals surface area contributed by atoms with Gasteiger partial charge in [0, 0.05) is 80.0 Å². The zero-order valence-corrected chi connectivity index (χ0v) is 27.1. The number of unbranched alkanes of at least 4 members (excludes halogenated alkanes) is 1. The molecule has 0 aromatic rings. The number of carboxylic acids is 1. The SMILES string of the molecule is CCCC[N+](C)(C)CCC[Si](OC)(OC)OC.CO[Si](CCC[N+](C)(C)CCCC(=O)[O-])(OC)OC. The second kappa shape index (κ2) is 19.6. The highest BCUT2D eigenvalue weighted by molar-refractivity contribution is 6.60. The lowest BCUT2D eigenvalue weighted by atomic mass is 10.2. The molecule has 0 bridgehead atoms. The molecule has 0 fully saturated rings. The first kappa shape index (κ1) is 37.7. The molecule has 0 aromatic heterocycles. The van der Waals surface area contributed by atoms with Crippen molar-refractivity contribution in [3.05, 3.63) is 0 Å². The molecule has 0 amide bonds. The molecule has 0 radical (unpaired) electrons. The van der Waals surface area contributed by atoms with Gasteiger partial charge in [-0.05, 0) is 12.8 Å². The van der Waals surface area contributed by atoms with Crippen LogP contribution in [0.5, 0.6) is 0 Å². The summed E-state index contributed by atoms with van der Waals surface area (Å²) in [6.07, 6.45) is 5.30. The highest BCUT2D eigenvalue weighted by Gasteiger charge is 2.38. The van der Waals surface area contributed by atoms with Gasteiger partial charge in [-0.1, -0.05) is 13.3 Å². The summed E-state index contributed by atoms with van der Waals surface area (Å²) in [5.74, 6) is -0.982. The van der Waals surface area contributed by atoms with Gasteiger partial charge in [0.05, 0.1) is 54.4 Å². The molecule has 0 unspecified atom stereocenters. The van der Waals surface area contributed by atoms with Gasteiger partial charge in [-0.3, -0.25) is 0 Å². The van der Waals surface area contributed by atoms with E-state index in [4.69, 9.17) is 26.6 Å². The highest BCUT2D eigenvalue weighted by atomic mass is 28.4. The lowest BCUT2D eigenvalue weighted by Crippen LogP contribution is -2.46. The van der Waals surface area contributed by atoms with E-state index in [1.165, 1.54) is 19.4 Å². The van der Waals surface area contributed by atoms with Crippen LogP contribution in [-0.4, -0.2) is 130 Å². The van der Waals surface area contributed by atoms with E-state index in [1.807, 2.05) is 0 Å². The summed E-state index contributed by atoms with van der Waals surface area (Å²) in [5, 5.41) is 10.4. The Morgan fingerprint density at radius 2 is 0.917 bits per heavy atom. The molecule has 0 aliphatic heterocycles. The number of hydrogen-bond acceptors (Lipinski definition) is 8. The van der Waals surface area contributed by atoms with Gasteiger partial charge in [0.1, 0.15) is 0 Å². The molecule has 0 saturated carbocycles. The fraction of sp³-hybridized carbons (Fsp3) is 0.958. The average molecular weight is 558 g/mol. The standard InChI is InChI=1S/C12H27NO5Si.C12H30NO3Si/c1-13(2,9-6-8-12(14)15)10-7-11-19(16-3,17-4)18-5;1-7-8-10-13(2,3)11-9-12-17(14-4,15-5)16-6/h6-11H2,1-5H3;7-12H2,1-6H3/q;+1. The van der Waals surface area contributed by atoms with E-state index in [1.54, 1.807) is 42.7 Å². The zero-order valence-electron chi connectivity index (χ0n) is 25.1. The number of nitrogens with zero attached hydrogens (tertiary/aromatic N) is 2. The molecule has 0 rings (SSSR count). The van der Waals surface area contributed by atoms with Crippen LogP contribution in [0.25, 0.3) is 0 Å². The molecule has 12 heteroatoms. The Bertz CT molecular complexity index is 544. The summed E-state index contributed by atoms with van der Waals surface area (Å²) in [7, 11) is 13.8. The smallest absolute Gasteiger partial charge is 0.500 e. The lowest BCUT2D eigenvalue weighted by Gasteiger charge is -2.31. The van der Waals surface area contributed by atoms with Crippen molar-refractivity contribution in [1.82, 2.24) is 0 Å². The van der Waals surface area contributed by atoms with Gasteiger partial charge in [0.15, 0.2) is 0 Å². The summed E-state index contributed by atoms with van der Waals surface area (Å²) in [5.41, 5.74) is 0. The minimum absolute atomic E-state index is 0.120. The lowest BCUT2D eigenvalue weighted by molar-refractivity contribution is -0.890. The molecule has 0 saturated heterocycles. The van der Waals surface area contributed by atoms with Gasteiger partial charge in [-0.25, -0.2) is 0 Å². The van der Waals surface area contributed by atoms with E-state index in [2.05, 4.69) is 35.1 Å². The monoisotopic (exact) mass is 557 g/mol. The Morgan fingerprint density at radius 3 is 1.19 bits per heavy atom. The molecular weight excluding hydrogens is 500 g/mol. The number of carbonyl (C=O) groups excluding carboxylic acids is 1. The van der Waals surface area contributed by atoms with Crippen LogP contribution in [0, 0.1) is 0 Å². The van der Waals surface area contributed by atoms with Crippen LogP contribution in [0.4, 0.5) is 0 Å². The van der Waals surface area contributed by atoms with Crippen LogP contribution < -0.4 is 5.11 Å². The predicted molar refractivity (Wildman–Crippen MR) is 145 cm³/mol. The van der Waals surface area contributed by atoms with Crippen LogP contribution in [-0.2, 0) is 31.4 Å². The van der Waals surface area contributed by atoms with Gasteiger partial charge in [-0.2, -0.15) is 0 Å². The first-order chi connectivity index (χ1) is 16.8. The van der Waals surface area contributed by atoms with Crippen molar-refractivity contribution in [2.75, 3.05) is 97.0 Å².